The molecule has 0 saturated carbocycles. The number of amides is 3. The maximum Gasteiger partial charge on any atom is 0.324 e. The number of hydrogen-bond donors (Lipinski definition) is 3. The van der Waals surface area contributed by atoms with Gasteiger partial charge in [0.05, 0.1) is 48.3 Å². The van der Waals surface area contributed by atoms with Crippen LogP contribution in [0.3, 0.4) is 0 Å². The fourth-order valence-corrected chi connectivity index (χ4v) is 5.27. The Morgan fingerprint density at radius 1 is 0.958 bits per heavy atom. The normalized spacial score (nSPS) is 13.7. The standard InChI is InChI=1S/C34H42ClN7O6/c1-22(43)37-27-19-24-26(20-30(27)47-17-16-45-5)36-9-8-28(24)48-29-7-6-23(18-25(29)35)38-33(44)39-32-21-31(34(2,3)4)40-42(32)11-10-41-12-14-46-15-13-41/h6-9,18-21H,10-17H2,1-5H3,(H,37,43)(H2,38,39,44). The largest absolute Gasteiger partial charge is 0.489 e. The molecule has 0 aliphatic carbocycles. The number of rotatable bonds is 12. The van der Waals surface area contributed by atoms with Gasteiger partial charge in [0.25, 0.3) is 0 Å². The van der Waals surface area contributed by atoms with Crippen molar-refractivity contribution in [3.63, 3.8) is 0 Å². The van der Waals surface area contributed by atoms with Gasteiger partial charge in [0.15, 0.2) is 0 Å². The van der Waals surface area contributed by atoms with Gasteiger partial charge in [-0.05, 0) is 30.3 Å². The van der Waals surface area contributed by atoms with Crippen molar-refractivity contribution in [3.05, 3.63) is 59.4 Å². The molecule has 1 aliphatic rings. The van der Waals surface area contributed by atoms with Crippen molar-refractivity contribution >= 4 is 51.6 Å². The number of urea groups is 1. The van der Waals surface area contributed by atoms with Gasteiger partial charge in [-0.15, -0.1) is 0 Å². The molecule has 14 heteroatoms. The highest BCUT2D eigenvalue weighted by molar-refractivity contribution is 6.32. The van der Waals surface area contributed by atoms with E-state index in [9.17, 15) is 9.59 Å². The molecule has 0 atom stereocenters. The lowest BCUT2D eigenvalue weighted by molar-refractivity contribution is -0.114. The molecule has 5 rings (SSSR count). The van der Waals surface area contributed by atoms with E-state index in [0.717, 1.165) is 38.5 Å². The van der Waals surface area contributed by atoms with Crippen molar-refractivity contribution in [1.82, 2.24) is 19.7 Å². The smallest absolute Gasteiger partial charge is 0.324 e. The molecule has 3 N–H and O–H groups in total. The first-order valence-corrected chi connectivity index (χ1v) is 16.1. The van der Waals surface area contributed by atoms with Gasteiger partial charge < -0.3 is 29.6 Å². The minimum atomic E-state index is -0.429. The van der Waals surface area contributed by atoms with Gasteiger partial charge in [-0.1, -0.05) is 32.4 Å². The van der Waals surface area contributed by atoms with E-state index in [0.29, 0.717) is 65.1 Å². The number of nitrogens with one attached hydrogen (secondary N) is 3. The molecule has 48 heavy (non-hydrogen) atoms. The molecule has 3 heterocycles. The summed E-state index contributed by atoms with van der Waals surface area (Å²) in [5.41, 5.74) is 2.24. The van der Waals surface area contributed by atoms with Crippen LogP contribution < -0.4 is 25.4 Å². The number of hydrogen-bond acceptors (Lipinski definition) is 9. The number of fused-ring (bicyclic) bond motifs is 1. The topological polar surface area (TPSA) is 141 Å². The number of halogens is 1. The van der Waals surface area contributed by atoms with E-state index in [-0.39, 0.29) is 16.3 Å². The molecule has 0 spiro atoms. The summed E-state index contributed by atoms with van der Waals surface area (Å²) in [6.45, 7) is 13.0. The number of pyridine rings is 1. The molecule has 0 unspecified atom stereocenters. The molecular formula is C34H42ClN7O6. The van der Waals surface area contributed by atoms with E-state index in [1.165, 1.54) is 6.92 Å². The number of carbonyl (C=O) groups excluding carboxylic acids is 2. The van der Waals surface area contributed by atoms with Crippen molar-refractivity contribution in [2.75, 3.05) is 69.1 Å². The first-order valence-electron chi connectivity index (χ1n) is 15.8. The van der Waals surface area contributed by atoms with Crippen molar-refractivity contribution in [2.45, 2.75) is 39.7 Å². The molecule has 0 bridgehead atoms. The van der Waals surface area contributed by atoms with E-state index >= 15 is 0 Å². The maximum absolute atomic E-state index is 13.1. The zero-order valence-electron chi connectivity index (χ0n) is 27.9. The second-order valence-electron chi connectivity index (χ2n) is 12.4. The molecule has 2 aromatic carbocycles. The summed E-state index contributed by atoms with van der Waals surface area (Å²) in [4.78, 5) is 31.8. The molecule has 4 aromatic rings. The van der Waals surface area contributed by atoms with Crippen molar-refractivity contribution in [3.8, 4) is 17.2 Å². The molecule has 1 fully saturated rings. The summed E-state index contributed by atoms with van der Waals surface area (Å²) < 4.78 is 24.4. The second-order valence-corrected chi connectivity index (χ2v) is 12.8. The van der Waals surface area contributed by atoms with E-state index in [2.05, 4.69) is 46.6 Å². The Balaban J connectivity index is 1.29. The lowest BCUT2D eigenvalue weighted by atomic mass is 9.92. The van der Waals surface area contributed by atoms with Crippen LogP contribution in [0.2, 0.25) is 5.02 Å². The van der Waals surface area contributed by atoms with Crippen LogP contribution in [-0.4, -0.2) is 84.8 Å². The lowest BCUT2D eigenvalue weighted by Gasteiger charge is -2.26. The number of morpholine rings is 1. The Kier molecular flexibility index (Phi) is 11.4. The molecule has 0 radical (unpaired) electrons. The van der Waals surface area contributed by atoms with Crippen LogP contribution in [0, 0.1) is 0 Å². The number of nitrogens with zero attached hydrogens (tertiary/aromatic N) is 4. The number of anilines is 3. The average Bonchev–Trinajstić information content (AvgIpc) is 3.45. The first kappa shape index (κ1) is 34.9. The SMILES string of the molecule is COCCOc1cc2nccc(Oc3ccc(NC(=O)Nc4cc(C(C)(C)C)nn4CCN4CCOCC4)cc3Cl)c2cc1NC(C)=O. The summed E-state index contributed by atoms with van der Waals surface area (Å²) in [7, 11) is 1.58. The predicted molar refractivity (Wildman–Crippen MR) is 186 cm³/mol. The van der Waals surface area contributed by atoms with Crippen LogP contribution in [0.5, 0.6) is 17.2 Å². The van der Waals surface area contributed by atoms with E-state index in [1.807, 2.05) is 10.7 Å². The monoisotopic (exact) mass is 679 g/mol. The molecule has 13 nitrogen and oxygen atoms in total. The fourth-order valence-electron chi connectivity index (χ4n) is 5.05. The van der Waals surface area contributed by atoms with E-state index in [1.54, 1.807) is 49.7 Å². The highest BCUT2D eigenvalue weighted by atomic mass is 35.5. The fraction of sp³-hybridized carbons (Fsp3) is 0.412. The third-order valence-corrected chi connectivity index (χ3v) is 7.89. The van der Waals surface area contributed by atoms with Crippen LogP contribution in [-0.2, 0) is 26.2 Å². The van der Waals surface area contributed by atoms with Crippen LogP contribution in [0.15, 0.2) is 48.7 Å². The number of aromatic nitrogens is 3. The zero-order chi connectivity index (χ0) is 34.3. The second kappa shape index (κ2) is 15.6. The summed E-state index contributed by atoms with van der Waals surface area (Å²) in [5, 5.41) is 14.3. The quantitative estimate of drug-likeness (QED) is 0.151. The van der Waals surface area contributed by atoms with Crippen LogP contribution >= 0.6 is 11.6 Å². The Morgan fingerprint density at radius 2 is 1.75 bits per heavy atom. The first-order chi connectivity index (χ1) is 23.0. The molecule has 2 aromatic heterocycles. The molecule has 3 amide bonds. The molecule has 1 aliphatic heterocycles. The zero-order valence-corrected chi connectivity index (χ0v) is 28.6. The molecule has 256 valence electrons. The van der Waals surface area contributed by atoms with Gasteiger partial charge >= 0.3 is 6.03 Å². The third kappa shape index (κ3) is 9.13. The summed E-state index contributed by atoms with van der Waals surface area (Å²) >= 11 is 6.64. The van der Waals surface area contributed by atoms with Crippen molar-refractivity contribution in [2.24, 2.45) is 0 Å². The number of carbonyl (C=O) groups is 2. The van der Waals surface area contributed by atoms with Gasteiger partial charge in [-0.25, -0.2) is 9.48 Å². The number of benzene rings is 2. The summed E-state index contributed by atoms with van der Waals surface area (Å²) in [6.07, 6.45) is 1.61. The summed E-state index contributed by atoms with van der Waals surface area (Å²) in [6, 6.07) is 11.6. The Labute approximate surface area is 284 Å². The Bertz CT molecular complexity index is 1750. The van der Waals surface area contributed by atoms with E-state index in [4.69, 9.17) is 35.6 Å². The lowest BCUT2D eigenvalue weighted by Crippen LogP contribution is -2.38. The number of ether oxygens (including phenoxy) is 4. The highest BCUT2D eigenvalue weighted by Gasteiger charge is 2.22. The van der Waals surface area contributed by atoms with Gasteiger partial charge in [0.1, 0.15) is 29.7 Å². The van der Waals surface area contributed by atoms with Gasteiger partial charge in [-0.3, -0.25) is 20.0 Å². The van der Waals surface area contributed by atoms with Crippen LogP contribution in [0.1, 0.15) is 33.4 Å². The Hall–Kier alpha value is -4.43. The van der Waals surface area contributed by atoms with Gasteiger partial charge in [-0.2, -0.15) is 5.10 Å². The molecular weight excluding hydrogens is 638 g/mol. The third-order valence-electron chi connectivity index (χ3n) is 7.59. The van der Waals surface area contributed by atoms with Crippen LogP contribution in [0.25, 0.3) is 10.9 Å². The Morgan fingerprint density at radius 3 is 2.46 bits per heavy atom. The van der Waals surface area contributed by atoms with Gasteiger partial charge in [0, 0.05) is 68.5 Å². The average molecular weight is 680 g/mol. The highest BCUT2D eigenvalue weighted by Crippen LogP contribution is 2.38. The minimum absolute atomic E-state index is 0.188. The molecule has 1 saturated heterocycles. The predicted octanol–water partition coefficient (Wildman–Crippen LogP) is 6.13. The van der Waals surface area contributed by atoms with Crippen LogP contribution in [0.4, 0.5) is 22.0 Å². The van der Waals surface area contributed by atoms with Crippen molar-refractivity contribution < 1.29 is 28.5 Å². The van der Waals surface area contributed by atoms with E-state index < -0.39 is 6.03 Å². The summed E-state index contributed by atoms with van der Waals surface area (Å²) in [5.74, 6) is 1.65. The number of methoxy groups -OCH3 is 1. The van der Waals surface area contributed by atoms with Crippen molar-refractivity contribution in [1.29, 1.82) is 0 Å². The maximum atomic E-state index is 13.1. The minimum Gasteiger partial charge on any atom is -0.489 e. The van der Waals surface area contributed by atoms with Gasteiger partial charge in [0.2, 0.25) is 5.91 Å².